The van der Waals surface area contributed by atoms with Crippen LogP contribution in [0.1, 0.15) is 40.1 Å². The van der Waals surface area contributed by atoms with Crippen LogP contribution in [0.3, 0.4) is 0 Å². The van der Waals surface area contributed by atoms with E-state index in [1.54, 1.807) is 6.26 Å². The Balaban J connectivity index is 1.33. The van der Waals surface area contributed by atoms with Gasteiger partial charge in [-0.1, -0.05) is 30.3 Å². The molecule has 0 aliphatic heterocycles. The molecule has 1 N–H and O–H groups in total. The van der Waals surface area contributed by atoms with Crippen molar-refractivity contribution in [3.05, 3.63) is 82.4 Å². The summed E-state index contributed by atoms with van der Waals surface area (Å²) in [5, 5.41) is 8.91. The van der Waals surface area contributed by atoms with Crippen LogP contribution in [0.5, 0.6) is 0 Å². The summed E-state index contributed by atoms with van der Waals surface area (Å²) in [6.07, 6.45) is 5.21. The second kappa shape index (κ2) is 7.48. The summed E-state index contributed by atoms with van der Waals surface area (Å²) in [5.41, 5.74) is 8.72. The van der Waals surface area contributed by atoms with E-state index in [-0.39, 0.29) is 5.91 Å². The van der Waals surface area contributed by atoms with Gasteiger partial charge in [-0.3, -0.25) is 4.79 Å². The molecule has 0 fully saturated rings. The van der Waals surface area contributed by atoms with E-state index in [2.05, 4.69) is 37.4 Å². The topological polar surface area (TPSA) is 60.1 Å². The summed E-state index contributed by atoms with van der Waals surface area (Å²) in [6, 6.07) is 14.3. The van der Waals surface area contributed by atoms with Gasteiger partial charge in [-0.05, 0) is 61.9 Å². The number of benzene rings is 2. The lowest BCUT2D eigenvalue weighted by atomic mass is 10.0. The SMILES string of the molecule is Cc1ccc2c(CC(=O)NCc3nn(-c4ccccc4)c4c3CCC4)coc2c1C. The van der Waals surface area contributed by atoms with Crippen LogP contribution in [0.25, 0.3) is 16.7 Å². The minimum Gasteiger partial charge on any atom is -0.464 e. The molecule has 5 nitrogen and oxygen atoms in total. The van der Waals surface area contributed by atoms with Crippen LogP contribution < -0.4 is 5.32 Å². The van der Waals surface area contributed by atoms with Crippen LogP contribution in [0, 0.1) is 13.8 Å². The molecule has 0 saturated heterocycles. The molecule has 0 spiro atoms. The third kappa shape index (κ3) is 3.20. The van der Waals surface area contributed by atoms with Gasteiger partial charge in [0.1, 0.15) is 5.58 Å². The number of nitrogens with zero attached hydrogens (tertiary/aromatic N) is 2. The third-order valence-electron chi connectivity index (χ3n) is 6.16. The van der Waals surface area contributed by atoms with E-state index < -0.39 is 0 Å². The molecule has 1 aliphatic rings. The van der Waals surface area contributed by atoms with Gasteiger partial charge in [-0.25, -0.2) is 4.68 Å². The maximum atomic E-state index is 12.7. The van der Waals surface area contributed by atoms with Gasteiger partial charge >= 0.3 is 0 Å². The minimum atomic E-state index is -0.0167. The first-order valence-electron chi connectivity index (χ1n) is 10.5. The summed E-state index contributed by atoms with van der Waals surface area (Å²) in [6.45, 7) is 4.57. The van der Waals surface area contributed by atoms with Gasteiger partial charge in [0.2, 0.25) is 5.91 Å². The Morgan fingerprint density at radius 2 is 1.97 bits per heavy atom. The van der Waals surface area contributed by atoms with E-state index in [0.717, 1.165) is 52.7 Å². The van der Waals surface area contributed by atoms with Crippen molar-refractivity contribution in [1.82, 2.24) is 15.1 Å². The van der Waals surface area contributed by atoms with Crippen molar-refractivity contribution in [2.45, 2.75) is 46.1 Å². The predicted molar refractivity (Wildman–Crippen MR) is 117 cm³/mol. The highest BCUT2D eigenvalue weighted by atomic mass is 16.3. The minimum absolute atomic E-state index is 0.0167. The number of aromatic nitrogens is 2. The van der Waals surface area contributed by atoms with E-state index in [1.165, 1.54) is 16.8 Å². The molecule has 0 atom stereocenters. The molecule has 2 aromatic carbocycles. The van der Waals surface area contributed by atoms with Crippen molar-refractivity contribution in [2.75, 3.05) is 0 Å². The molecule has 2 aromatic heterocycles. The molecule has 0 unspecified atom stereocenters. The van der Waals surface area contributed by atoms with Gasteiger partial charge in [0.15, 0.2) is 0 Å². The van der Waals surface area contributed by atoms with Crippen LogP contribution in [0.2, 0.25) is 0 Å². The van der Waals surface area contributed by atoms with E-state index in [1.807, 2.05) is 28.9 Å². The van der Waals surface area contributed by atoms with Gasteiger partial charge < -0.3 is 9.73 Å². The van der Waals surface area contributed by atoms with Gasteiger partial charge in [0.25, 0.3) is 0 Å². The number of fused-ring (bicyclic) bond motifs is 2. The lowest BCUT2D eigenvalue weighted by Gasteiger charge is -2.05. The molecule has 1 aliphatic carbocycles. The summed E-state index contributed by atoms with van der Waals surface area (Å²) in [4.78, 5) is 12.7. The fourth-order valence-corrected chi connectivity index (χ4v) is 4.38. The van der Waals surface area contributed by atoms with Crippen molar-refractivity contribution in [3.63, 3.8) is 0 Å². The molecule has 2 heterocycles. The second-order valence-electron chi connectivity index (χ2n) is 8.07. The normalized spacial score (nSPS) is 13.0. The zero-order valence-corrected chi connectivity index (χ0v) is 17.4. The lowest BCUT2D eigenvalue weighted by molar-refractivity contribution is -0.120. The maximum absolute atomic E-state index is 12.7. The Morgan fingerprint density at radius 3 is 2.80 bits per heavy atom. The van der Waals surface area contributed by atoms with Gasteiger partial charge in [-0.15, -0.1) is 0 Å². The van der Waals surface area contributed by atoms with Gasteiger partial charge in [-0.2, -0.15) is 5.10 Å². The number of hydrogen-bond acceptors (Lipinski definition) is 3. The fourth-order valence-electron chi connectivity index (χ4n) is 4.38. The molecule has 4 aromatic rings. The summed E-state index contributed by atoms with van der Waals surface area (Å²) in [7, 11) is 0. The Kier molecular flexibility index (Phi) is 4.66. The maximum Gasteiger partial charge on any atom is 0.224 e. The zero-order valence-electron chi connectivity index (χ0n) is 17.4. The number of nitrogens with one attached hydrogen (secondary N) is 1. The predicted octanol–water partition coefficient (Wildman–Crippen LogP) is 4.58. The first-order chi connectivity index (χ1) is 14.6. The van der Waals surface area contributed by atoms with Crippen molar-refractivity contribution in [2.24, 2.45) is 0 Å². The number of aryl methyl sites for hydroxylation is 2. The number of rotatable bonds is 5. The average Bonchev–Trinajstić information content (AvgIpc) is 3.46. The molecule has 5 heteroatoms. The molecular weight excluding hydrogens is 374 g/mol. The van der Waals surface area contributed by atoms with E-state index in [9.17, 15) is 4.79 Å². The highest BCUT2D eigenvalue weighted by Gasteiger charge is 2.23. The lowest BCUT2D eigenvalue weighted by Crippen LogP contribution is -2.25. The Morgan fingerprint density at radius 1 is 1.13 bits per heavy atom. The summed E-state index contributed by atoms with van der Waals surface area (Å²) < 4.78 is 7.78. The van der Waals surface area contributed by atoms with Crippen molar-refractivity contribution in [1.29, 1.82) is 0 Å². The molecule has 30 heavy (non-hydrogen) atoms. The van der Waals surface area contributed by atoms with E-state index >= 15 is 0 Å². The summed E-state index contributed by atoms with van der Waals surface area (Å²) in [5.74, 6) is -0.0167. The second-order valence-corrected chi connectivity index (χ2v) is 8.07. The quantitative estimate of drug-likeness (QED) is 0.534. The third-order valence-corrected chi connectivity index (χ3v) is 6.16. The Bertz CT molecular complexity index is 1230. The number of carbonyl (C=O) groups is 1. The van der Waals surface area contributed by atoms with E-state index in [4.69, 9.17) is 9.52 Å². The number of para-hydroxylation sites is 1. The van der Waals surface area contributed by atoms with Crippen LogP contribution in [0.15, 0.2) is 53.1 Å². The monoisotopic (exact) mass is 399 g/mol. The highest BCUT2D eigenvalue weighted by Crippen LogP contribution is 2.28. The molecule has 1 amide bonds. The smallest absolute Gasteiger partial charge is 0.224 e. The Hall–Kier alpha value is -3.34. The standard InChI is InChI=1S/C25H25N3O2/c1-16-11-12-20-18(15-30-25(20)17(16)2)13-24(29)26-14-22-21-9-6-10-23(21)28(27-22)19-7-4-3-5-8-19/h3-5,7-8,11-12,15H,6,9-10,13-14H2,1-2H3,(H,26,29). The van der Waals surface area contributed by atoms with Crippen LogP contribution in [-0.4, -0.2) is 15.7 Å². The number of carbonyl (C=O) groups excluding carboxylic acids is 1. The molecule has 0 saturated carbocycles. The number of amides is 1. The van der Waals surface area contributed by atoms with E-state index in [0.29, 0.717) is 13.0 Å². The van der Waals surface area contributed by atoms with Crippen molar-refractivity contribution >= 4 is 16.9 Å². The molecule has 152 valence electrons. The van der Waals surface area contributed by atoms with Gasteiger partial charge in [0, 0.05) is 16.6 Å². The first-order valence-corrected chi connectivity index (χ1v) is 10.5. The first kappa shape index (κ1) is 18.7. The molecule has 0 bridgehead atoms. The molecular formula is C25H25N3O2. The number of furan rings is 1. The number of hydrogen-bond donors (Lipinski definition) is 1. The fraction of sp³-hybridized carbons (Fsp3) is 0.280. The van der Waals surface area contributed by atoms with Crippen LogP contribution in [-0.2, 0) is 30.6 Å². The van der Waals surface area contributed by atoms with Crippen LogP contribution in [0.4, 0.5) is 0 Å². The van der Waals surface area contributed by atoms with Crippen molar-refractivity contribution in [3.8, 4) is 5.69 Å². The molecule has 5 rings (SSSR count). The average molecular weight is 399 g/mol. The van der Waals surface area contributed by atoms with Crippen LogP contribution >= 0.6 is 0 Å². The Labute approximate surface area is 175 Å². The molecule has 0 radical (unpaired) electrons. The zero-order chi connectivity index (χ0) is 20.7. The van der Waals surface area contributed by atoms with Gasteiger partial charge in [0.05, 0.1) is 30.6 Å². The summed E-state index contributed by atoms with van der Waals surface area (Å²) >= 11 is 0. The van der Waals surface area contributed by atoms with Crippen molar-refractivity contribution < 1.29 is 9.21 Å². The highest BCUT2D eigenvalue weighted by molar-refractivity contribution is 5.89. The largest absolute Gasteiger partial charge is 0.464 e.